The zero-order chi connectivity index (χ0) is 20.0. The van der Waals surface area contributed by atoms with Crippen molar-refractivity contribution >= 4 is 16.8 Å². The van der Waals surface area contributed by atoms with Gasteiger partial charge in [-0.3, -0.25) is 4.79 Å². The van der Waals surface area contributed by atoms with Gasteiger partial charge in [-0.2, -0.15) is 10.2 Å². The quantitative estimate of drug-likeness (QED) is 0.683. The standard InChI is InChI=1S/C24H25N3O2/c1-2-15(16-7-3-4-8-17(16)24(25)28)23-19-11-14(12-20(19)23)29-22-13-26-27-21-10-6-5-9-18(21)22/h3-10,13-15,19-20,23H,2,11-12H2,1H3,(H2,25,28)/t14?,15-,19+,20+,23?/m0/s1. The first kappa shape index (κ1) is 18.1. The van der Waals surface area contributed by atoms with Crippen LogP contribution in [0.5, 0.6) is 5.75 Å². The molecule has 2 saturated carbocycles. The highest BCUT2D eigenvalue weighted by molar-refractivity contribution is 5.94. The van der Waals surface area contributed by atoms with Crippen LogP contribution in [0.4, 0.5) is 0 Å². The molecule has 2 N–H and O–H groups in total. The predicted octanol–water partition coefficient (Wildman–Crippen LogP) is 4.33. The fourth-order valence-corrected chi connectivity index (χ4v) is 5.53. The summed E-state index contributed by atoms with van der Waals surface area (Å²) >= 11 is 0. The van der Waals surface area contributed by atoms with Gasteiger partial charge in [0.05, 0.1) is 17.8 Å². The zero-order valence-electron chi connectivity index (χ0n) is 16.5. The average molecular weight is 387 g/mol. The van der Waals surface area contributed by atoms with Crippen LogP contribution in [0, 0.1) is 17.8 Å². The summed E-state index contributed by atoms with van der Waals surface area (Å²) in [5.41, 5.74) is 8.28. The van der Waals surface area contributed by atoms with Crippen molar-refractivity contribution in [3.63, 3.8) is 0 Å². The van der Waals surface area contributed by atoms with E-state index in [2.05, 4.69) is 23.2 Å². The van der Waals surface area contributed by atoms with Crippen molar-refractivity contribution < 1.29 is 9.53 Å². The van der Waals surface area contributed by atoms with Crippen molar-refractivity contribution in [2.24, 2.45) is 23.5 Å². The monoisotopic (exact) mass is 387 g/mol. The number of fused-ring (bicyclic) bond motifs is 2. The van der Waals surface area contributed by atoms with Crippen LogP contribution in [0.1, 0.15) is 48.0 Å². The second kappa shape index (κ2) is 7.14. The molecule has 2 aliphatic rings. The smallest absolute Gasteiger partial charge is 0.248 e. The van der Waals surface area contributed by atoms with Crippen LogP contribution in [0.3, 0.4) is 0 Å². The molecule has 0 saturated heterocycles. The van der Waals surface area contributed by atoms with Gasteiger partial charge in [0.1, 0.15) is 5.75 Å². The maximum absolute atomic E-state index is 11.9. The molecule has 2 fully saturated rings. The first-order valence-electron chi connectivity index (χ1n) is 10.4. The number of hydrogen-bond acceptors (Lipinski definition) is 4. The molecule has 5 rings (SSSR count). The number of nitrogens with zero attached hydrogens (tertiary/aromatic N) is 2. The number of primary amides is 1. The van der Waals surface area contributed by atoms with E-state index in [1.54, 1.807) is 6.20 Å². The lowest BCUT2D eigenvalue weighted by Crippen LogP contribution is -2.20. The highest BCUT2D eigenvalue weighted by atomic mass is 16.5. The summed E-state index contributed by atoms with van der Waals surface area (Å²) < 4.78 is 6.34. The third kappa shape index (κ3) is 3.15. The molecule has 29 heavy (non-hydrogen) atoms. The number of carbonyl (C=O) groups is 1. The Balaban J connectivity index is 1.30. The first-order chi connectivity index (χ1) is 14.2. The predicted molar refractivity (Wildman–Crippen MR) is 112 cm³/mol. The summed E-state index contributed by atoms with van der Waals surface area (Å²) in [6.45, 7) is 2.21. The summed E-state index contributed by atoms with van der Waals surface area (Å²) in [6.07, 6.45) is 5.08. The minimum Gasteiger partial charge on any atom is -0.488 e. The summed E-state index contributed by atoms with van der Waals surface area (Å²) in [5, 5.41) is 9.28. The molecule has 1 aromatic heterocycles. The molecule has 0 bridgehead atoms. The van der Waals surface area contributed by atoms with Gasteiger partial charge in [-0.25, -0.2) is 0 Å². The zero-order valence-corrected chi connectivity index (χ0v) is 16.5. The minimum atomic E-state index is -0.330. The number of benzene rings is 2. The number of amides is 1. The van der Waals surface area contributed by atoms with Crippen LogP contribution < -0.4 is 10.5 Å². The van der Waals surface area contributed by atoms with Gasteiger partial charge >= 0.3 is 0 Å². The van der Waals surface area contributed by atoms with E-state index in [9.17, 15) is 4.79 Å². The van der Waals surface area contributed by atoms with Gasteiger partial charge in [0.25, 0.3) is 0 Å². The molecule has 2 aliphatic carbocycles. The molecule has 5 heteroatoms. The molecular weight excluding hydrogens is 362 g/mol. The number of ether oxygens (including phenoxy) is 1. The Morgan fingerprint density at radius 1 is 1.14 bits per heavy atom. The first-order valence-corrected chi connectivity index (χ1v) is 10.4. The number of rotatable bonds is 6. The minimum absolute atomic E-state index is 0.220. The SMILES string of the molecule is CC[C@@H](c1ccccc1C(N)=O)C1[C@@H]2CC(Oc3cnnc4ccccc34)C[C@@H]12. The molecular formula is C24H25N3O2. The van der Waals surface area contributed by atoms with Crippen LogP contribution in [-0.4, -0.2) is 22.2 Å². The van der Waals surface area contributed by atoms with E-state index in [0.717, 1.165) is 41.5 Å². The molecule has 0 radical (unpaired) electrons. The highest BCUT2D eigenvalue weighted by Crippen LogP contribution is 2.64. The van der Waals surface area contributed by atoms with E-state index in [1.165, 1.54) is 0 Å². The second-order valence-corrected chi connectivity index (χ2v) is 8.31. The molecule has 3 atom stereocenters. The van der Waals surface area contributed by atoms with Crippen LogP contribution in [-0.2, 0) is 0 Å². The van der Waals surface area contributed by atoms with E-state index in [1.807, 2.05) is 42.5 Å². The van der Waals surface area contributed by atoms with Gasteiger partial charge in [-0.1, -0.05) is 37.3 Å². The van der Waals surface area contributed by atoms with E-state index in [0.29, 0.717) is 29.2 Å². The Labute approximate surface area is 170 Å². The van der Waals surface area contributed by atoms with E-state index < -0.39 is 0 Å². The Morgan fingerprint density at radius 2 is 1.86 bits per heavy atom. The fourth-order valence-electron chi connectivity index (χ4n) is 5.53. The Bertz CT molecular complexity index is 1050. The molecule has 0 aliphatic heterocycles. The maximum Gasteiger partial charge on any atom is 0.248 e. The number of hydrogen-bond donors (Lipinski definition) is 1. The molecule has 1 amide bonds. The molecule has 2 aromatic carbocycles. The van der Waals surface area contributed by atoms with Gasteiger partial charge in [0, 0.05) is 10.9 Å². The topological polar surface area (TPSA) is 78.1 Å². The van der Waals surface area contributed by atoms with E-state index >= 15 is 0 Å². The van der Waals surface area contributed by atoms with E-state index in [4.69, 9.17) is 10.5 Å². The summed E-state index contributed by atoms with van der Waals surface area (Å²) in [7, 11) is 0. The summed E-state index contributed by atoms with van der Waals surface area (Å²) in [6, 6.07) is 15.8. The molecule has 1 heterocycles. The molecule has 5 nitrogen and oxygen atoms in total. The lowest BCUT2D eigenvalue weighted by atomic mass is 9.84. The summed E-state index contributed by atoms with van der Waals surface area (Å²) in [4.78, 5) is 11.9. The van der Waals surface area contributed by atoms with Crippen molar-refractivity contribution in [3.05, 3.63) is 65.9 Å². The fraction of sp³-hybridized carbons (Fsp3) is 0.375. The summed E-state index contributed by atoms with van der Waals surface area (Å²) in [5.74, 6) is 2.82. The van der Waals surface area contributed by atoms with Crippen molar-refractivity contribution in [1.29, 1.82) is 0 Å². The van der Waals surface area contributed by atoms with Crippen LogP contribution in [0.2, 0.25) is 0 Å². The molecule has 0 spiro atoms. The molecule has 0 unspecified atom stereocenters. The number of carbonyl (C=O) groups excluding carboxylic acids is 1. The highest BCUT2D eigenvalue weighted by Gasteiger charge is 2.59. The van der Waals surface area contributed by atoms with Gasteiger partial charge in [0.15, 0.2) is 0 Å². The number of aromatic nitrogens is 2. The third-order valence-electron chi connectivity index (χ3n) is 6.80. The lowest BCUT2D eigenvalue weighted by molar-refractivity contribution is 0.0998. The third-order valence-corrected chi connectivity index (χ3v) is 6.80. The Morgan fingerprint density at radius 3 is 2.62 bits per heavy atom. The van der Waals surface area contributed by atoms with Crippen LogP contribution >= 0.6 is 0 Å². The largest absolute Gasteiger partial charge is 0.488 e. The number of nitrogens with two attached hydrogens (primary N) is 1. The lowest BCUT2D eigenvalue weighted by Gasteiger charge is -2.23. The van der Waals surface area contributed by atoms with Gasteiger partial charge < -0.3 is 10.5 Å². The second-order valence-electron chi connectivity index (χ2n) is 8.31. The normalized spacial score (nSPS) is 24.2. The Hall–Kier alpha value is -2.95. The van der Waals surface area contributed by atoms with Crippen molar-refractivity contribution in [2.75, 3.05) is 0 Å². The van der Waals surface area contributed by atoms with Gasteiger partial charge in [-0.05, 0) is 66.7 Å². The van der Waals surface area contributed by atoms with Crippen molar-refractivity contribution in [2.45, 2.75) is 38.2 Å². The Kier molecular flexibility index (Phi) is 4.46. The van der Waals surface area contributed by atoms with Crippen molar-refractivity contribution in [3.8, 4) is 5.75 Å². The molecule has 3 aromatic rings. The van der Waals surface area contributed by atoms with Crippen LogP contribution in [0.25, 0.3) is 10.9 Å². The van der Waals surface area contributed by atoms with Crippen molar-refractivity contribution in [1.82, 2.24) is 10.2 Å². The van der Waals surface area contributed by atoms with Gasteiger partial charge in [0.2, 0.25) is 5.91 Å². The average Bonchev–Trinajstić information content (AvgIpc) is 3.22. The van der Waals surface area contributed by atoms with Crippen LogP contribution in [0.15, 0.2) is 54.7 Å². The van der Waals surface area contributed by atoms with Gasteiger partial charge in [-0.15, -0.1) is 0 Å². The van der Waals surface area contributed by atoms with E-state index in [-0.39, 0.29) is 12.0 Å². The molecule has 148 valence electrons. The maximum atomic E-state index is 11.9.